The first-order valence-electron chi connectivity index (χ1n) is 10.7. The molecule has 0 spiro atoms. The van der Waals surface area contributed by atoms with Gasteiger partial charge >= 0.3 is 0 Å². The molecule has 2 heterocycles. The smallest absolute Gasteiger partial charge is 0.255 e. The Morgan fingerprint density at radius 1 is 0.939 bits per heavy atom. The Hall–Kier alpha value is -3.77. The molecule has 5 nitrogen and oxygen atoms in total. The molecule has 3 aromatic carbocycles. The molecule has 2 amide bonds. The number of amides is 2. The number of para-hydroxylation sites is 1. The van der Waals surface area contributed by atoms with Crippen molar-refractivity contribution in [2.75, 3.05) is 11.1 Å². The third-order valence-corrected chi connectivity index (χ3v) is 6.85. The minimum absolute atomic E-state index is 0.0840. The highest BCUT2D eigenvalue weighted by atomic mass is 32.2. The molecule has 0 saturated carbocycles. The van der Waals surface area contributed by atoms with Gasteiger partial charge in [0.05, 0.1) is 18.6 Å². The number of hydrogen-bond acceptors (Lipinski definition) is 4. The zero-order valence-electron chi connectivity index (χ0n) is 17.8. The highest BCUT2D eigenvalue weighted by Gasteiger charge is 2.33. The predicted octanol–water partition coefficient (Wildman–Crippen LogP) is 5.97. The van der Waals surface area contributed by atoms with Crippen LogP contribution in [0.1, 0.15) is 27.1 Å². The maximum atomic E-state index is 13.0. The van der Waals surface area contributed by atoms with Crippen LogP contribution in [0.3, 0.4) is 0 Å². The highest BCUT2D eigenvalue weighted by molar-refractivity contribution is 8.00. The molecule has 6 heteroatoms. The van der Waals surface area contributed by atoms with Crippen LogP contribution in [0.25, 0.3) is 11.1 Å². The van der Waals surface area contributed by atoms with Gasteiger partial charge in [-0.25, -0.2) is 0 Å². The Morgan fingerprint density at radius 3 is 2.45 bits per heavy atom. The number of thioether (sulfide) groups is 1. The lowest BCUT2D eigenvalue weighted by molar-refractivity contribution is -0.128. The van der Waals surface area contributed by atoms with E-state index in [9.17, 15) is 9.59 Å². The normalized spacial score (nSPS) is 15.6. The Labute approximate surface area is 196 Å². The molecule has 1 atom stereocenters. The Morgan fingerprint density at radius 2 is 1.70 bits per heavy atom. The Bertz CT molecular complexity index is 1250. The number of nitrogens with zero attached hydrogens (tertiary/aromatic N) is 1. The second-order valence-electron chi connectivity index (χ2n) is 7.75. The molecule has 1 fully saturated rings. The van der Waals surface area contributed by atoms with Crippen molar-refractivity contribution in [1.29, 1.82) is 0 Å². The molecule has 33 heavy (non-hydrogen) atoms. The average Bonchev–Trinajstić information content (AvgIpc) is 3.50. The highest BCUT2D eigenvalue weighted by Crippen LogP contribution is 2.39. The second kappa shape index (κ2) is 9.38. The molecule has 0 unspecified atom stereocenters. The van der Waals surface area contributed by atoms with E-state index in [0.717, 1.165) is 28.1 Å². The summed E-state index contributed by atoms with van der Waals surface area (Å²) in [6.45, 7) is 0.433. The molecule has 1 N–H and O–H groups in total. The van der Waals surface area contributed by atoms with E-state index < -0.39 is 0 Å². The third-order valence-electron chi connectivity index (χ3n) is 5.59. The van der Waals surface area contributed by atoms with Crippen molar-refractivity contribution in [2.45, 2.75) is 11.9 Å². The standard InChI is InChI=1S/C27H22N2O3S/c30-25-18-33-27(29(25)17-22-9-6-16-32-22)21-14-12-20(13-15-21)26(31)28-24-11-5-4-10-23(24)19-7-2-1-3-8-19/h1-16,27H,17-18H2,(H,28,31)/t27-/m0/s1. The van der Waals surface area contributed by atoms with Crippen LogP contribution in [0, 0.1) is 0 Å². The van der Waals surface area contributed by atoms with Gasteiger partial charge in [-0.1, -0.05) is 60.7 Å². The molecule has 5 rings (SSSR count). The van der Waals surface area contributed by atoms with Crippen molar-refractivity contribution in [2.24, 2.45) is 0 Å². The van der Waals surface area contributed by atoms with Crippen molar-refractivity contribution in [3.63, 3.8) is 0 Å². The van der Waals surface area contributed by atoms with Crippen molar-refractivity contribution < 1.29 is 14.0 Å². The fourth-order valence-corrected chi connectivity index (χ4v) is 5.11. The molecule has 1 aliphatic rings. The van der Waals surface area contributed by atoms with Crippen molar-refractivity contribution >= 4 is 29.3 Å². The number of carbonyl (C=O) groups is 2. The number of anilines is 1. The summed E-state index contributed by atoms with van der Waals surface area (Å²) in [5.41, 5.74) is 4.33. The maximum Gasteiger partial charge on any atom is 0.255 e. The van der Waals surface area contributed by atoms with Gasteiger partial charge in [-0.15, -0.1) is 11.8 Å². The number of hydrogen-bond donors (Lipinski definition) is 1. The van der Waals surface area contributed by atoms with E-state index in [1.165, 1.54) is 0 Å². The van der Waals surface area contributed by atoms with Crippen LogP contribution in [-0.4, -0.2) is 22.5 Å². The van der Waals surface area contributed by atoms with E-state index >= 15 is 0 Å². The summed E-state index contributed by atoms with van der Waals surface area (Å²) < 4.78 is 5.42. The van der Waals surface area contributed by atoms with Gasteiger partial charge in [-0.05, 0) is 41.5 Å². The number of rotatable bonds is 6. The number of furan rings is 1. The number of benzene rings is 3. The number of nitrogens with one attached hydrogen (secondary N) is 1. The molecule has 4 aromatic rings. The van der Waals surface area contributed by atoms with E-state index in [2.05, 4.69) is 5.32 Å². The summed E-state index contributed by atoms with van der Waals surface area (Å²) in [7, 11) is 0. The van der Waals surface area contributed by atoms with Gasteiger partial charge in [-0.3, -0.25) is 9.59 Å². The molecule has 1 aliphatic heterocycles. The predicted molar refractivity (Wildman–Crippen MR) is 131 cm³/mol. The van der Waals surface area contributed by atoms with Crippen LogP contribution in [0.4, 0.5) is 5.69 Å². The van der Waals surface area contributed by atoms with Gasteiger partial charge in [0.1, 0.15) is 11.1 Å². The first-order valence-corrected chi connectivity index (χ1v) is 11.7. The zero-order chi connectivity index (χ0) is 22.6. The SMILES string of the molecule is O=C(Nc1ccccc1-c1ccccc1)c1ccc([C@@H]2SCC(=O)N2Cc2ccco2)cc1. The van der Waals surface area contributed by atoms with Gasteiger partial charge in [-0.2, -0.15) is 0 Å². The summed E-state index contributed by atoms with van der Waals surface area (Å²) in [4.78, 5) is 27.2. The molecule has 0 aliphatic carbocycles. The summed E-state index contributed by atoms with van der Waals surface area (Å²) in [6, 6.07) is 28.9. The summed E-state index contributed by atoms with van der Waals surface area (Å²) in [5.74, 6) is 1.10. The van der Waals surface area contributed by atoms with E-state index in [1.807, 2.05) is 95.9 Å². The number of carbonyl (C=O) groups excluding carboxylic acids is 2. The van der Waals surface area contributed by atoms with Crippen LogP contribution >= 0.6 is 11.8 Å². The van der Waals surface area contributed by atoms with Gasteiger partial charge in [0.2, 0.25) is 5.91 Å². The van der Waals surface area contributed by atoms with Crippen LogP contribution in [0.2, 0.25) is 0 Å². The Balaban J connectivity index is 1.32. The summed E-state index contributed by atoms with van der Waals surface area (Å²) in [6.07, 6.45) is 1.61. The quantitative estimate of drug-likeness (QED) is 0.390. The fraction of sp³-hybridized carbons (Fsp3) is 0.111. The van der Waals surface area contributed by atoms with E-state index in [1.54, 1.807) is 18.0 Å². The second-order valence-corrected chi connectivity index (χ2v) is 8.82. The van der Waals surface area contributed by atoms with Gasteiger partial charge < -0.3 is 14.6 Å². The van der Waals surface area contributed by atoms with Crippen LogP contribution in [0.5, 0.6) is 0 Å². The monoisotopic (exact) mass is 454 g/mol. The Kier molecular flexibility index (Phi) is 6.00. The van der Waals surface area contributed by atoms with Gasteiger partial charge in [0.25, 0.3) is 5.91 Å². The van der Waals surface area contributed by atoms with E-state index in [4.69, 9.17) is 4.42 Å². The lowest BCUT2D eigenvalue weighted by atomic mass is 10.0. The molecule has 1 aromatic heterocycles. The lowest BCUT2D eigenvalue weighted by Crippen LogP contribution is -2.27. The first-order chi connectivity index (χ1) is 16.2. The molecule has 164 valence electrons. The van der Waals surface area contributed by atoms with Gasteiger partial charge in [0, 0.05) is 16.8 Å². The van der Waals surface area contributed by atoms with Crippen LogP contribution < -0.4 is 5.32 Å². The van der Waals surface area contributed by atoms with Crippen molar-refractivity contribution in [3.05, 3.63) is 114 Å². The van der Waals surface area contributed by atoms with Crippen molar-refractivity contribution in [3.8, 4) is 11.1 Å². The topological polar surface area (TPSA) is 62.6 Å². The minimum Gasteiger partial charge on any atom is -0.467 e. The molecular weight excluding hydrogens is 432 g/mol. The van der Waals surface area contributed by atoms with Crippen LogP contribution in [-0.2, 0) is 11.3 Å². The maximum absolute atomic E-state index is 13.0. The minimum atomic E-state index is -0.174. The molecule has 0 radical (unpaired) electrons. The van der Waals surface area contributed by atoms with Crippen LogP contribution in [0.15, 0.2) is 102 Å². The first kappa shape index (κ1) is 21.1. The lowest BCUT2D eigenvalue weighted by Gasteiger charge is -2.23. The zero-order valence-corrected chi connectivity index (χ0v) is 18.6. The molecule has 0 bridgehead atoms. The summed E-state index contributed by atoms with van der Waals surface area (Å²) in [5, 5.41) is 2.94. The van der Waals surface area contributed by atoms with Crippen molar-refractivity contribution in [1.82, 2.24) is 4.90 Å². The third kappa shape index (κ3) is 4.56. The largest absolute Gasteiger partial charge is 0.467 e. The van der Waals surface area contributed by atoms with E-state index in [-0.39, 0.29) is 17.2 Å². The fourth-order valence-electron chi connectivity index (χ4n) is 3.93. The van der Waals surface area contributed by atoms with E-state index in [0.29, 0.717) is 17.9 Å². The van der Waals surface area contributed by atoms with Gasteiger partial charge in [0.15, 0.2) is 0 Å². The summed E-state index contributed by atoms with van der Waals surface area (Å²) >= 11 is 1.58. The average molecular weight is 455 g/mol. The molecular formula is C27H22N2O3S. The molecule has 1 saturated heterocycles.